The molecule has 7 nitrogen and oxygen atoms in total. The Labute approximate surface area is 230 Å². The number of nitrogens with zero attached hydrogens (tertiary/aromatic N) is 4. The second-order valence-electron chi connectivity index (χ2n) is 8.33. The molecule has 0 aliphatic heterocycles. The van der Waals surface area contributed by atoms with Crippen LogP contribution in [0, 0.1) is 6.92 Å². The average molecular weight is 563 g/mol. The molecule has 0 spiro atoms. The lowest BCUT2D eigenvalue weighted by atomic mass is 10.2. The van der Waals surface area contributed by atoms with Gasteiger partial charge in [-0.1, -0.05) is 49.5 Å². The monoisotopic (exact) mass is 562 g/mol. The summed E-state index contributed by atoms with van der Waals surface area (Å²) >= 11 is 1.49. The SMILES string of the molecule is C=CCN(CC=C)S(=O)(=O)c1ccc(C(=O)N(CCN(CC)CC)c2nc3c(C)cccc3s2)cc1.Cl. The van der Waals surface area contributed by atoms with E-state index in [0.717, 1.165) is 28.9 Å². The molecule has 2 aromatic carbocycles. The highest BCUT2D eigenvalue weighted by Crippen LogP contribution is 2.31. The molecule has 0 N–H and O–H groups in total. The summed E-state index contributed by atoms with van der Waals surface area (Å²) in [6.45, 7) is 16.8. The Morgan fingerprint density at radius 3 is 2.16 bits per heavy atom. The fourth-order valence-electron chi connectivity index (χ4n) is 3.89. The highest BCUT2D eigenvalue weighted by Gasteiger charge is 2.25. The maximum Gasteiger partial charge on any atom is 0.260 e. The predicted octanol–water partition coefficient (Wildman–Crippen LogP) is 5.38. The summed E-state index contributed by atoms with van der Waals surface area (Å²) in [7, 11) is -3.74. The van der Waals surface area contributed by atoms with Gasteiger partial charge in [0.1, 0.15) is 0 Å². The van der Waals surface area contributed by atoms with Gasteiger partial charge in [0.15, 0.2) is 5.13 Å². The largest absolute Gasteiger partial charge is 0.302 e. The number of amides is 1. The van der Waals surface area contributed by atoms with Crippen LogP contribution in [0.15, 0.2) is 72.7 Å². The number of rotatable bonds is 13. The van der Waals surface area contributed by atoms with Gasteiger partial charge in [-0.05, 0) is 55.9 Å². The normalized spacial score (nSPS) is 11.5. The number of sulfonamides is 1. The van der Waals surface area contributed by atoms with Gasteiger partial charge in [0, 0.05) is 31.7 Å². The van der Waals surface area contributed by atoms with Gasteiger partial charge in [0.25, 0.3) is 5.91 Å². The van der Waals surface area contributed by atoms with Gasteiger partial charge in [-0.3, -0.25) is 9.69 Å². The second-order valence-corrected chi connectivity index (χ2v) is 11.3. The van der Waals surface area contributed by atoms with Crippen molar-refractivity contribution in [1.29, 1.82) is 0 Å². The highest BCUT2D eigenvalue weighted by molar-refractivity contribution is 7.89. The molecule has 0 atom stereocenters. The van der Waals surface area contributed by atoms with Crippen molar-refractivity contribution in [3.8, 4) is 0 Å². The van der Waals surface area contributed by atoms with Crippen LogP contribution in [-0.2, 0) is 10.0 Å². The number of carbonyl (C=O) groups is 1. The third kappa shape index (κ3) is 7.06. The molecule has 1 aromatic heterocycles. The van der Waals surface area contributed by atoms with E-state index in [2.05, 4.69) is 31.9 Å². The van der Waals surface area contributed by atoms with Crippen molar-refractivity contribution in [2.24, 2.45) is 0 Å². The van der Waals surface area contributed by atoms with Crippen molar-refractivity contribution < 1.29 is 13.2 Å². The van der Waals surface area contributed by atoms with E-state index in [1.165, 1.54) is 39.9 Å². The average Bonchev–Trinajstić information content (AvgIpc) is 3.31. The van der Waals surface area contributed by atoms with Crippen molar-refractivity contribution in [2.45, 2.75) is 25.7 Å². The summed E-state index contributed by atoms with van der Waals surface area (Å²) in [4.78, 5) is 22.6. The number of fused-ring (bicyclic) bond motifs is 1. The summed E-state index contributed by atoms with van der Waals surface area (Å²) < 4.78 is 28.4. The fourth-order valence-corrected chi connectivity index (χ4v) is 6.34. The van der Waals surface area contributed by atoms with Gasteiger partial charge < -0.3 is 4.90 Å². The number of aromatic nitrogens is 1. The molecule has 0 saturated carbocycles. The molecule has 37 heavy (non-hydrogen) atoms. The van der Waals surface area contributed by atoms with Crippen LogP contribution >= 0.6 is 23.7 Å². The van der Waals surface area contributed by atoms with Crippen LogP contribution in [0.2, 0.25) is 0 Å². The predicted molar refractivity (Wildman–Crippen MR) is 157 cm³/mol. The van der Waals surface area contributed by atoms with Crippen LogP contribution in [-0.4, -0.2) is 67.8 Å². The Hall–Kier alpha value is -2.56. The van der Waals surface area contributed by atoms with Crippen LogP contribution in [0.1, 0.15) is 29.8 Å². The van der Waals surface area contributed by atoms with E-state index in [4.69, 9.17) is 4.98 Å². The van der Waals surface area contributed by atoms with Gasteiger partial charge in [-0.15, -0.1) is 25.6 Å². The zero-order chi connectivity index (χ0) is 26.3. The molecule has 0 fully saturated rings. The quantitative estimate of drug-likeness (QED) is 0.262. The topological polar surface area (TPSA) is 73.8 Å². The van der Waals surface area contributed by atoms with Crippen molar-refractivity contribution in [1.82, 2.24) is 14.2 Å². The Morgan fingerprint density at radius 1 is 1.00 bits per heavy atom. The number of hydrogen-bond acceptors (Lipinski definition) is 6. The first-order valence-corrected chi connectivity index (χ1v) is 14.2. The summed E-state index contributed by atoms with van der Waals surface area (Å²) in [5.41, 5.74) is 2.36. The summed E-state index contributed by atoms with van der Waals surface area (Å²) in [5, 5.41) is 0.635. The van der Waals surface area contributed by atoms with Crippen molar-refractivity contribution in [3.05, 3.63) is 78.9 Å². The molecular formula is C27H35ClN4O3S2. The Balaban J connectivity index is 0.00000481. The molecule has 0 aliphatic rings. The number of benzene rings is 2. The second kappa shape index (κ2) is 13.8. The smallest absolute Gasteiger partial charge is 0.260 e. The van der Waals surface area contributed by atoms with Gasteiger partial charge in [0.2, 0.25) is 10.0 Å². The lowest BCUT2D eigenvalue weighted by molar-refractivity contribution is 0.0983. The van der Waals surface area contributed by atoms with E-state index in [0.29, 0.717) is 23.8 Å². The molecule has 0 saturated heterocycles. The zero-order valence-electron chi connectivity index (χ0n) is 21.6. The number of para-hydroxylation sites is 1. The molecule has 10 heteroatoms. The first kappa shape index (κ1) is 30.7. The first-order chi connectivity index (χ1) is 17.3. The number of carbonyl (C=O) groups excluding carboxylic acids is 1. The van der Waals surface area contributed by atoms with Gasteiger partial charge >= 0.3 is 0 Å². The number of thiazole rings is 1. The van der Waals surface area contributed by atoms with Gasteiger partial charge in [0.05, 0.1) is 15.1 Å². The molecule has 3 rings (SSSR count). The lowest BCUT2D eigenvalue weighted by Gasteiger charge is -2.25. The van der Waals surface area contributed by atoms with Crippen LogP contribution in [0.4, 0.5) is 5.13 Å². The van der Waals surface area contributed by atoms with Gasteiger partial charge in [-0.25, -0.2) is 13.4 Å². The summed E-state index contributed by atoms with van der Waals surface area (Å²) in [6, 6.07) is 12.1. The maximum atomic E-state index is 13.7. The van der Waals surface area contributed by atoms with Gasteiger partial charge in [-0.2, -0.15) is 4.31 Å². The number of likely N-dealkylation sites (N-methyl/N-ethyl adjacent to an activating group) is 1. The van der Waals surface area contributed by atoms with E-state index >= 15 is 0 Å². The highest BCUT2D eigenvalue weighted by atomic mass is 35.5. The molecule has 0 radical (unpaired) electrons. The molecule has 0 aliphatic carbocycles. The van der Waals surface area contributed by atoms with E-state index in [1.807, 2.05) is 25.1 Å². The van der Waals surface area contributed by atoms with E-state index in [1.54, 1.807) is 17.0 Å². The number of anilines is 1. The van der Waals surface area contributed by atoms with Crippen molar-refractivity contribution in [3.63, 3.8) is 0 Å². The molecule has 3 aromatic rings. The fraction of sp³-hybridized carbons (Fsp3) is 0.333. The molecule has 0 bridgehead atoms. The Bertz CT molecular complexity index is 1310. The van der Waals surface area contributed by atoms with Crippen LogP contribution in [0.25, 0.3) is 10.2 Å². The Kier molecular flexibility index (Phi) is 11.5. The first-order valence-electron chi connectivity index (χ1n) is 12.0. The third-order valence-corrected chi connectivity index (χ3v) is 8.91. The summed E-state index contributed by atoms with van der Waals surface area (Å²) in [5.74, 6) is -0.211. The minimum Gasteiger partial charge on any atom is -0.302 e. The van der Waals surface area contributed by atoms with E-state index < -0.39 is 10.0 Å². The van der Waals surface area contributed by atoms with Crippen molar-refractivity contribution >= 4 is 55.0 Å². The van der Waals surface area contributed by atoms with E-state index in [9.17, 15) is 13.2 Å². The van der Waals surface area contributed by atoms with Crippen LogP contribution < -0.4 is 4.90 Å². The molecule has 0 unspecified atom stereocenters. The minimum absolute atomic E-state index is 0. The number of hydrogen-bond donors (Lipinski definition) is 0. The molecule has 1 heterocycles. The number of aryl methyl sites for hydroxylation is 1. The third-order valence-electron chi connectivity index (χ3n) is 6.02. The molecule has 200 valence electrons. The maximum absolute atomic E-state index is 13.7. The summed E-state index contributed by atoms with van der Waals surface area (Å²) in [6.07, 6.45) is 3.07. The number of halogens is 1. The van der Waals surface area contributed by atoms with Crippen LogP contribution in [0.3, 0.4) is 0 Å². The zero-order valence-corrected chi connectivity index (χ0v) is 24.0. The lowest BCUT2D eigenvalue weighted by Crippen LogP contribution is -2.39. The van der Waals surface area contributed by atoms with Crippen molar-refractivity contribution in [2.75, 3.05) is 44.2 Å². The van der Waals surface area contributed by atoms with Crippen LogP contribution in [0.5, 0.6) is 0 Å². The molecular weight excluding hydrogens is 528 g/mol. The standard InChI is InChI=1S/C27H34N4O3S2.ClH/c1-6-17-30(18-7-2)36(33,34)23-15-13-22(14-16-23)26(32)31(20-19-29(8-3)9-4)27-28-25-21(5)11-10-12-24(25)35-27;/h6-7,10-16H,1-2,8-9,17-20H2,3-5H3;1H. The van der Waals surface area contributed by atoms with E-state index in [-0.39, 0.29) is 36.3 Å². The molecule has 1 amide bonds. The minimum atomic E-state index is -3.74. The Morgan fingerprint density at radius 2 is 1.62 bits per heavy atom.